The number of alkyl halides is 3. The monoisotopic (exact) mass is 324 g/mol. The second-order valence-electron chi connectivity index (χ2n) is 5.26. The average molecular weight is 324 g/mol. The van der Waals surface area contributed by atoms with Crippen LogP contribution in [0.25, 0.3) is 0 Å². The Hall–Kier alpha value is -2.50. The van der Waals surface area contributed by atoms with Gasteiger partial charge >= 0.3 is 6.18 Å². The molecule has 0 aliphatic heterocycles. The molecule has 2 aromatic carbocycles. The van der Waals surface area contributed by atoms with Gasteiger partial charge in [-0.3, -0.25) is 4.79 Å². The highest BCUT2D eigenvalue weighted by Crippen LogP contribution is 2.33. The first-order valence-corrected chi connectivity index (χ1v) is 6.91. The summed E-state index contributed by atoms with van der Waals surface area (Å²) >= 11 is 0. The number of carbonyl (C=O) groups is 1. The van der Waals surface area contributed by atoms with Crippen molar-refractivity contribution in [1.82, 2.24) is 0 Å². The summed E-state index contributed by atoms with van der Waals surface area (Å²) in [5.74, 6) is -1.37. The van der Waals surface area contributed by atoms with Gasteiger partial charge in [0.15, 0.2) is 5.78 Å². The van der Waals surface area contributed by atoms with Crippen molar-refractivity contribution in [1.29, 1.82) is 0 Å². The molecule has 0 spiro atoms. The third-order valence-corrected chi connectivity index (χ3v) is 3.46. The zero-order chi connectivity index (χ0) is 17.2. The van der Waals surface area contributed by atoms with Crippen LogP contribution in [0.3, 0.4) is 0 Å². The van der Waals surface area contributed by atoms with Gasteiger partial charge in [-0.15, -0.1) is 0 Å². The molecule has 0 radical (unpaired) electrons. The average Bonchev–Trinajstić information content (AvgIpc) is 2.43. The van der Waals surface area contributed by atoms with Crippen LogP contribution in [0.4, 0.5) is 13.2 Å². The first-order valence-electron chi connectivity index (χ1n) is 6.91. The summed E-state index contributed by atoms with van der Waals surface area (Å²) in [4.78, 5) is 12.1. The number of halogens is 3. The van der Waals surface area contributed by atoms with E-state index in [1.165, 1.54) is 30.3 Å². The molecule has 0 unspecified atom stereocenters. The van der Waals surface area contributed by atoms with E-state index in [0.717, 1.165) is 6.07 Å². The normalized spacial score (nSPS) is 11.5. The topological polar surface area (TPSA) is 57.5 Å². The van der Waals surface area contributed by atoms with Crippen LogP contribution in [0, 0.1) is 6.92 Å². The molecule has 0 aliphatic rings. The lowest BCUT2D eigenvalue weighted by Gasteiger charge is -2.13. The zero-order valence-electron chi connectivity index (χ0n) is 12.3. The molecule has 2 rings (SSSR count). The molecule has 0 bridgehead atoms. The second-order valence-corrected chi connectivity index (χ2v) is 5.26. The van der Waals surface area contributed by atoms with Crippen molar-refractivity contribution in [3.63, 3.8) is 0 Å². The van der Waals surface area contributed by atoms with Crippen molar-refractivity contribution in [3.05, 3.63) is 58.7 Å². The van der Waals surface area contributed by atoms with Gasteiger partial charge in [0.05, 0.1) is 5.56 Å². The Morgan fingerprint density at radius 2 is 1.65 bits per heavy atom. The number of benzene rings is 2. The van der Waals surface area contributed by atoms with E-state index in [1.54, 1.807) is 6.92 Å². The third-order valence-electron chi connectivity index (χ3n) is 3.46. The van der Waals surface area contributed by atoms with E-state index in [-0.39, 0.29) is 35.5 Å². The van der Waals surface area contributed by atoms with Crippen LogP contribution in [0.2, 0.25) is 0 Å². The highest BCUT2D eigenvalue weighted by Gasteiger charge is 2.32. The van der Waals surface area contributed by atoms with Crippen molar-refractivity contribution in [3.8, 4) is 11.5 Å². The summed E-state index contributed by atoms with van der Waals surface area (Å²) in [5.41, 5.74) is -0.483. The minimum absolute atomic E-state index is 0.000517. The molecule has 0 heterocycles. The number of phenols is 2. The molecule has 0 atom stereocenters. The summed E-state index contributed by atoms with van der Waals surface area (Å²) in [6.07, 6.45) is -4.88. The predicted molar refractivity (Wildman–Crippen MR) is 78.6 cm³/mol. The number of Topliss-reactive ketones (excluding diaryl/α,β-unsaturated/α-hetero) is 1. The van der Waals surface area contributed by atoms with Gasteiger partial charge in [-0.25, -0.2) is 0 Å². The Balaban J connectivity index is 2.21. The zero-order valence-corrected chi connectivity index (χ0v) is 12.3. The maximum Gasteiger partial charge on any atom is 0.416 e. The van der Waals surface area contributed by atoms with Gasteiger partial charge in [-0.1, -0.05) is 18.2 Å². The van der Waals surface area contributed by atoms with Crippen LogP contribution in [0.5, 0.6) is 11.5 Å². The second kappa shape index (κ2) is 6.32. The van der Waals surface area contributed by atoms with Gasteiger partial charge in [0.25, 0.3) is 0 Å². The molecule has 0 saturated heterocycles. The molecule has 0 aromatic heterocycles. The number of aromatic hydroxyl groups is 2. The summed E-state index contributed by atoms with van der Waals surface area (Å²) in [7, 11) is 0. The fourth-order valence-corrected chi connectivity index (χ4v) is 2.42. The van der Waals surface area contributed by atoms with Gasteiger partial charge in [-0.2, -0.15) is 13.2 Å². The van der Waals surface area contributed by atoms with Gasteiger partial charge < -0.3 is 10.2 Å². The Bertz CT molecular complexity index is 713. The first-order chi connectivity index (χ1) is 10.7. The van der Waals surface area contributed by atoms with Crippen LogP contribution in [-0.2, 0) is 12.6 Å². The van der Waals surface area contributed by atoms with Crippen LogP contribution >= 0.6 is 0 Å². The fourth-order valence-electron chi connectivity index (χ4n) is 2.42. The molecule has 6 heteroatoms. The van der Waals surface area contributed by atoms with E-state index in [0.29, 0.717) is 5.56 Å². The number of phenolic OH excluding ortho intramolecular Hbond substituents is 2. The Morgan fingerprint density at radius 3 is 2.22 bits per heavy atom. The molecule has 0 saturated carbocycles. The van der Waals surface area contributed by atoms with Gasteiger partial charge in [-0.05, 0) is 42.7 Å². The number of hydrogen-bond donors (Lipinski definition) is 2. The Morgan fingerprint density at radius 1 is 1.09 bits per heavy atom. The highest BCUT2D eigenvalue weighted by atomic mass is 19.4. The van der Waals surface area contributed by atoms with E-state index < -0.39 is 17.5 Å². The summed E-state index contributed by atoms with van der Waals surface area (Å²) < 4.78 is 38.7. The molecule has 2 N–H and O–H groups in total. The smallest absolute Gasteiger partial charge is 0.416 e. The van der Waals surface area contributed by atoms with Crippen LogP contribution in [-0.4, -0.2) is 16.0 Å². The van der Waals surface area contributed by atoms with Crippen molar-refractivity contribution >= 4 is 5.78 Å². The van der Waals surface area contributed by atoms with E-state index in [2.05, 4.69) is 0 Å². The highest BCUT2D eigenvalue weighted by molar-refractivity contribution is 6.01. The molecule has 0 amide bonds. The lowest BCUT2D eigenvalue weighted by molar-refractivity contribution is -0.138. The van der Waals surface area contributed by atoms with Crippen molar-refractivity contribution in [2.24, 2.45) is 0 Å². The third kappa shape index (κ3) is 3.83. The van der Waals surface area contributed by atoms with Gasteiger partial charge in [0.2, 0.25) is 0 Å². The minimum atomic E-state index is -4.49. The quantitative estimate of drug-likeness (QED) is 0.827. The maximum atomic E-state index is 12.9. The SMILES string of the molecule is Cc1cc(O)c(C(=O)CCc2ccccc2C(F)(F)F)c(O)c1. The van der Waals surface area contributed by atoms with Gasteiger partial charge in [0.1, 0.15) is 17.1 Å². The lowest BCUT2D eigenvalue weighted by atomic mass is 9.97. The predicted octanol–water partition coefficient (Wildman–Crippen LogP) is 4.24. The molecule has 0 aliphatic carbocycles. The van der Waals surface area contributed by atoms with Crippen molar-refractivity contribution in [2.45, 2.75) is 25.9 Å². The van der Waals surface area contributed by atoms with Gasteiger partial charge in [0, 0.05) is 6.42 Å². The molecule has 0 fully saturated rings. The van der Waals surface area contributed by atoms with Crippen molar-refractivity contribution in [2.75, 3.05) is 0 Å². The summed E-state index contributed by atoms with van der Waals surface area (Å²) in [5, 5.41) is 19.5. The Labute approximate surface area is 131 Å². The minimum Gasteiger partial charge on any atom is -0.507 e. The fraction of sp³-hybridized carbons (Fsp3) is 0.235. The van der Waals surface area contributed by atoms with E-state index in [9.17, 15) is 28.2 Å². The number of carbonyl (C=O) groups excluding carboxylic acids is 1. The number of rotatable bonds is 4. The number of hydrogen-bond acceptors (Lipinski definition) is 3. The summed E-state index contributed by atoms with van der Waals surface area (Å²) in [6, 6.07) is 7.65. The summed E-state index contributed by atoms with van der Waals surface area (Å²) in [6.45, 7) is 1.63. The van der Waals surface area contributed by atoms with E-state index in [4.69, 9.17) is 0 Å². The molecule has 3 nitrogen and oxygen atoms in total. The molecular weight excluding hydrogens is 309 g/mol. The van der Waals surface area contributed by atoms with Crippen LogP contribution in [0.15, 0.2) is 36.4 Å². The van der Waals surface area contributed by atoms with E-state index >= 15 is 0 Å². The molecule has 122 valence electrons. The van der Waals surface area contributed by atoms with Crippen LogP contribution < -0.4 is 0 Å². The largest absolute Gasteiger partial charge is 0.507 e. The molecular formula is C17H15F3O3. The lowest BCUT2D eigenvalue weighted by Crippen LogP contribution is -2.10. The standard InChI is InChI=1S/C17H15F3O3/c1-10-8-14(22)16(15(23)9-10)13(21)7-6-11-4-2-3-5-12(11)17(18,19)20/h2-5,8-9,22-23H,6-7H2,1H3. The molecule has 2 aromatic rings. The van der Waals surface area contributed by atoms with E-state index in [1.807, 2.05) is 0 Å². The van der Waals surface area contributed by atoms with Crippen molar-refractivity contribution < 1.29 is 28.2 Å². The first kappa shape index (κ1) is 16.9. The number of ketones is 1. The maximum absolute atomic E-state index is 12.9. The Kier molecular flexibility index (Phi) is 4.63. The van der Waals surface area contributed by atoms with Crippen LogP contribution in [0.1, 0.15) is 33.5 Å². The molecule has 23 heavy (non-hydrogen) atoms. The number of aryl methyl sites for hydroxylation is 2.